The lowest BCUT2D eigenvalue weighted by atomic mass is 9.91. The number of hydrogen-bond donors (Lipinski definition) is 3. The maximum Gasteiger partial charge on any atom is 0.337 e. The summed E-state index contributed by atoms with van der Waals surface area (Å²) >= 11 is 0. The second-order valence-corrected chi connectivity index (χ2v) is 10.9. The largest absolute Gasteiger partial charge is 0.496 e. The van der Waals surface area contributed by atoms with Crippen molar-refractivity contribution in [2.75, 3.05) is 37.6 Å². The van der Waals surface area contributed by atoms with E-state index in [1.54, 1.807) is 43.1 Å². The van der Waals surface area contributed by atoms with E-state index >= 15 is 0 Å². The van der Waals surface area contributed by atoms with E-state index in [2.05, 4.69) is 5.32 Å². The number of hydrogen-bond acceptors (Lipinski definition) is 9. The van der Waals surface area contributed by atoms with Crippen LogP contribution in [0.1, 0.15) is 31.9 Å². The fourth-order valence-electron chi connectivity index (χ4n) is 4.89. The van der Waals surface area contributed by atoms with Crippen LogP contribution in [0.5, 0.6) is 17.2 Å². The molecule has 230 valence electrons. The van der Waals surface area contributed by atoms with Crippen LogP contribution in [0.3, 0.4) is 0 Å². The highest BCUT2D eigenvalue weighted by Gasteiger charge is 2.38. The maximum absolute atomic E-state index is 14.0. The minimum atomic E-state index is -1.61. The first-order valence-corrected chi connectivity index (χ1v) is 13.8. The third-order valence-electron chi connectivity index (χ3n) is 7.14. The molecular weight excluding hydrogens is 559 g/mol. The molecule has 3 aromatic rings. The number of carbonyl (C=O) groups excluding carboxylic acids is 2. The molecule has 0 spiro atoms. The summed E-state index contributed by atoms with van der Waals surface area (Å²) in [5.74, 6) is -0.191. The number of anilines is 2. The molecule has 11 heteroatoms. The Morgan fingerprint density at radius 3 is 2.49 bits per heavy atom. The number of esters is 1. The smallest absolute Gasteiger partial charge is 0.337 e. The maximum atomic E-state index is 14.0. The molecule has 10 nitrogen and oxygen atoms in total. The molecule has 4 rings (SSSR count). The second-order valence-electron chi connectivity index (χ2n) is 10.9. The number of aliphatic hydroxyl groups excluding tert-OH is 2. The molecule has 0 aromatic heterocycles. The molecule has 2 atom stereocenters. The zero-order chi connectivity index (χ0) is 31.5. The standard InChI is InChI=1S/C32H37FN2O8/c1-18-7-8-20(33)13-27(18)42-17-24-22(11-12-25-29(24)35(5)31(39)32(3,4)34-25)23-10-9-21(14-28(23)40-6)41-16-19(2)43-30(38)26(37)15-36/h7-14,19,26,34,36-37H,15-17H2,1-6H3. The van der Waals surface area contributed by atoms with Gasteiger partial charge in [0.05, 0.1) is 25.1 Å². The van der Waals surface area contributed by atoms with E-state index in [9.17, 15) is 19.1 Å². The van der Waals surface area contributed by atoms with Crippen LogP contribution in [0.25, 0.3) is 11.1 Å². The number of ether oxygens (including phenoxy) is 4. The summed E-state index contributed by atoms with van der Waals surface area (Å²) in [4.78, 5) is 26.6. The van der Waals surface area contributed by atoms with Crippen molar-refractivity contribution in [3.05, 3.63) is 65.5 Å². The number of carbonyl (C=O) groups is 2. The van der Waals surface area contributed by atoms with E-state index in [1.165, 1.54) is 19.2 Å². The summed E-state index contributed by atoms with van der Waals surface area (Å²) in [5, 5.41) is 21.6. The Kier molecular flexibility index (Phi) is 9.46. The normalized spacial score (nSPS) is 15.2. The van der Waals surface area contributed by atoms with Crippen molar-refractivity contribution in [3.63, 3.8) is 0 Å². The third kappa shape index (κ3) is 6.84. The number of aliphatic hydroxyl groups is 2. The topological polar surface area (TPSA) is 127 Å². The van der Waals surface area contributed by atoms with Crippen molar-refractivity contribution in [1.29, 1.82) is 0 Å². The Hall–Kier alpha value is -4.35. The molecule has 43 heavy (non-hydrogen) atoms. The SMILES string of the molecule is COc1cc(OCC(C)OC(=O)C(O)CO)ccc1-c1ccc2c(c1COc1cc(F)ccc1C)N(C)C(=O)C(C)(C)N2. The molecule has 0 radical (unpaired) electrons. The van der Waals surface area contributed by atoms with Crippen LogP contribution in [0.2, 0.25) is 0 Å². The van der Waals surface area contributed by atoms with E-state index in [-0.39, 0.29) is 19.1 Å². The van der Waals surface area contributed by atoms with Crippen LogP contribution in [0, 0.1) is 12.7 Å². The number of halogens is 1. The van der Waals surface area contributed by atoms with Crippen LogP contribution in [-0.2, 0) is 20.9 Å². The van der Waals surface area contributed by atoms with Crippen molar-refractivity contribution in [2.24, 2.45) is 0 Å². The van der Waals surface area contributed by atoms with E-state index < -0.39 is 36.1 Å². The second kappa shape index (κ2) is 12.9. The van der Waals surface area contributed by atoms with Gasteiger partial charge in [0.1, 0.15) is 47.9 Å². The molecule has 3 N–H and O–H groups in total. The fraction of sp³-hybridized carbons (Fsp3) is 0.375. The lowest BCUT2D eigenvalue weighted by Gasteiger charge is -2.39. The van der Waals surface area contributed by atoms with E-state index in [0.717, 1.165) is 16.8 Å². The minimum Gasteiger partial charge on any atom is -0.496 e. The number of nitrogens with one attached hydrogen (secondary N) is 1. The number of nitrogens with zero attached hydrogens (tertiary/aromatic N) is 1. The number of benzene rings is 3. The van der Waals surface area contributed by atoms with Gasteiger partial charge in [0.25, 0.3) is 5.91 Å². The monoisotopic (exact) mass is 596 g/mol. The van der Waals surface area contributed by atoms with Crippen molar-refractivity contribution < 1.29 is 43.1 Å². The Morgan fingerprint density at radius 1 is 1.07 bits per heavy atom. The quantitative estimate of drug-likeness (QED) is 0.279. The highest BCUT2D eigenvalue weighted by atomic mass is 19.1. The number of rotatable bonds is 11. The number of methoxy groups -OCH3 is 1. The summed E-state index contributed by atoms with van der Waals surface area (Å²) in [6, 6.07) is 13.4. The first-order chi connectivity index (χ1) is 20.4. The first-order valence-electron chi connectivity index (χ1n) is 13.8. The molecule has 0 fully saturated rings. The van der Waals surface area contributed by atoms with Crippen LogP contribution in [-0.4, -0.2) is 67.2 Å². The molecule has 2 unspecified atom stereocenters. The van der Waals surface area contributed by atoms with Gasteiger partial charge in [-0.1, -0.05) is 12.1 Å². The van der Waals surface area contributed by atoms with Crippen LogP contribution in [0.4, 0.5) is 15.8 Å². The predicted molar refractivity (Wildman–Crippen MR) is 159 cm³/mol. The van der Waals surface area contributed by atoms with Gasteiger partial charge in [0, 0.05) is 30.3 Å². The van der Waals surface area contributed by atoms with E-state index in [4.69, 9.17) is 24.1 Å². The van der Waals surface area contributed by atoms with E-state index in [0.29, 0.717) is 34.1 Å². The van der Waals surface area contributed by atoms with Crippen molar-refractivity contribution in [2.45, 2.75) is 52.0 Å². The fourth-order valence-corrected chi connectivity index (χ4v) is 4.89. The summed E-state index contributed by atoms with van der Waals surface area (Å²) < 4.78 is 36.8. The third-order valence-corrected chi connectivity index (χ3v) is 7.14. The van der Waals surface area contributed by atoms with Gasteiger partial charge in [-0.05, 0) is 63.1 Å². The molecule has 1 amide bonds. The van der Waals surface area contributed by atoms with E-state index in [1.807, 2.05) is 32.9 Å². The summed E-state index contributed by atoms with van der Waals surface area (Å²) in [5.41, 5.74) is 3.45. The van der Waals surface area contributed by atoms with Gasteiger partial charge in [0.15, 0.2) is 6.10 Å². The molecule has 1 aliphatic rings. The molecule has 0 aliphatic carbocycles. The van der Waals surface area contributed by atoms with Gasteiger partial charge in [-0.3, -0.25) is 4.79 Å². The molecule has 0 saturated heterocycles. The first kappa shape index (κ1) is 31.6. The lowest BCUT2D eigenvalue weighted by Crippen LogP contribution is -2.52. The van der Waals surface area contributed by atoms with Gasteiger partial charge in [-0.25, -0.2) is 9.18 Å². The Morgan fingerprint density at radius 2 is 1.79 bits per heavy atom. The molecule has 0 saturated carbocycles. The molecule has 3 aromatic carbocycles. The predicted octanol–water partition coefficient (Wildman–Crippen LogP) is 4.22. The average Bonchev–Trinajstić information content (AvgIpc) is 2.98. The Labute approximate surface area is 249 Å². The zero-order valence-corrected chi connectivity index (χ0v) is 25.1. The number of amides is 1. The number of aryl methyl sites for hydroxylation is 1. The molecule has 1 heterocycles. The van der Waals surface area contributed by atoms with Crippen molar-refractivity contribution in [1.82, 2.24) is 0 Å². The highest BCUT2D eigenvalue weighted by Crippen LogP contribution is 2.45. The van der Waals surface area contributed by atoms with Crippen LogP contribution in [0.15, 0.2) is 48.5 Å². The van der Waals surface area contributed by atoms with Crippen LogP contribution < -0.4 is 24.4 Å². The van der Waals surface area contributed by atoms with Gasteiger partial charge in [-0.15, -0.1) is 0 Å². The number of likely N-dealkylation sites (N-methyl/N-ethyl adjacent to an activating group) is 1. The summed E-state index contributed by atoms with van der Waals surface area (Å²) in [6.07, 6.45) is -2.31. The van der Waals surface area contributed by atoms with Crippen LogP contribution >= 0.6 is 0 Å². The zero-order valence-electron chi connectivity index (χ0n) is 25.1. The number of fused-ring (bicyclic) bond motifs is 1. The summed E-state index contributed by atoms with van der Waals surface area (Å²) in [6.45, 7) is 6.34. The molecule has 0 bridgehead atoms. The van der Waals surface area contributed by atoms with Gasteiger partial charge >= 0.3 is 5.97 Å². The van der Waals surface area contributed by atoms with Crippen molar-refractivity contribution >= 4 is 23.3 Å². The van der Waals surface area contributed by atoms with Gasteiger partial charge in [-0.2, -0.15) is 0 Å². The molecule has 1 aliphatic heterocycles. The average molecular weight is 597 g/mol. The van der Waals surface area contributed by atoms with Gasteiger partial charge < -0.3 is 39.4 Å². The lowest BCUT2D eigenvalue weighted by molar-refractivity contribution is -0.161. The van der Waals surface area contributed by atoms with Gasteiger partial charge in [0.2, 0.25) is 0 Å². The Balaban J connectivity index is 1.69. The Bertz CT molecular complexity index is 1510. The summed E-state index contributed by atoms with van der Waals surface area (Å²) in [7, 11) is 3.24. The van der Waals surface area contributed by atoms with Crippen molar-refractivity contribution in [3.8, 4) is 28.4 Å². The highest BCUT2D eigenvalue weighted by molar-refractivity contribution is 6.08. The molecular formula is C32H37FN2O8. The minimum absolute atomic E-state index is 0.00826.